The minimum Gasteiger partial charge on any atom is -0.319 e. The molecule has 2 unspecified atom stereocenters. The molecule has 30 heavy (non-hydrogen) atoms. The molecule has 1 amide bonds. The zero-order valence-corrected chi connectivity index (χ0v) is 17.3. The first kappa shape index (κ1) is 20.6. The minimum absolute atomic E-state index is 0.0715. The summed E-state index contributed by atoms with van der Waals surface area (Å²) in [6.07, 6.45) is 0. The number of benzene rings is 2. The predicted octanol–water partition coefficient (Wildman–Crippen LogP) is 4.53. The van der Waals surface area contributed by atoms with E-state index in [0.717, 1.165) is 12.1 Å². The lowest BCUT2D eigenvalue weighted by Gasteiger charge is -2.27. The van der Waals surface area contributed by atoms with Gasteiger partial charge in [0.25, 0.3) is 0 Å². The normalized spacial score (nSPS) is 18.1. The first-order valence-corrected chi connectivity index (χ1v) is 10.4. The Morgan fingerprint density at radius 3 is 2.70 bits per heavy atom. The van der Waals surface area contributed by atoms with Crippen LogP contribution in [0.1, 0.15) is 12.5 Å². The monoisotopic (exact) mass is 447 g/mol. The Bertz CT molecular complexity index is 1230. The molecule has 0 spiro atoms. The first-order chi connectivity index (χ1) is 14.3. The van der Waals surface area contributed by atoms with Crippen LogP contribution in [0.5, 0.6) is 0 Å². The number of rotatable bonds is 4. The molecular weight excluding hydrogens is 432 g/mol. The van der Waals surface area contributed by atoms with Gasteiger partial charge in [-0.25, -0.2) is 8.78 Å². The molecule has 2 aromatic carbocycles. The molecule has 154 valence electrons. The summed E-state index contributed by atoms with van der Waals surface area (Å²) in [6.45, 7) is 1.69. The average Bonchev–Trinajstić information content (AvgIpc) is 3.14. The number of anilines is 1. The van der Waals surface area contributed by atoms with Crippen LogP contribution in [0.15, 0.2) is 52.3 Å². The number of aliphatic imine (C=N–C) groups is 1. The predicted molar refractivity (Wildman–Crippen MR) is 116 cm³/mol. The number of carbonyl (C=O) groups excluding carboxylic acids is 1. The summed E-state index contributed by atoms with van der Waals surface area (Å²) >= 11 is 7.41. The number of hydrogen-bond donors (Lipinski definition) is 1. The maximum absolute atomic E-state index is 14.6. The molecule has 2 heterocycles. The molecule has 0 aliphatic carbocycles. The van der Waals surface area contributed by atoms with E-state index in [9.17, 15) is 18.4 Å². The molecule has 0 radical (unpaired) electrons. The van der Waals surface area contributed by atoms with E-state index in [4.69, 9.17) is 11.6 Å². The van der Waals surface area contributed by atoms with Crippen LogP contribution in [-0.4, -0.2) is 27.7 Å². The van der Waals surface area contributed by atoms with E-state index in [2.05, 4.69) is 9.98 Å². The molecule has 9 heteroatoms. The Labute approximate surface area is 179 Å². The molecule has 1 N–H and O–H groups in total. The van der Waals surface area contributed by atoms with Gasteiger partial charge in [0, 0.05) is 22.2 Å². The van der Waals surface area contributed by atoms with Gasteiger partial charge in [0.2, 0.25) is 11.5 Å². The molecule has 3 aromatic rings. The highest BCUT2D eigenvalue weighted by atomic mass is 35.5. The molecular formula is C21H16ClF2N3O2S. The van der Waals surface area contributed by atoms with E-state index in [0.29, 0.717) is 10.7 Å². The van der Waals surface area contributed by atoms with Crippen LogP contribution >= 0.6 is 23.4 Å². The highest BCUT2D eigenvalue weighted by molar-refractivity contribution is 8.13. The number of thioether (sulfide) groups is 1. The summed E-state index contributed by atoms with van der Waals surface area (Å²) in [6, 6.07) is 9.54. The number of pyridine rings is 1. The quantitative estimate of drug-likeness (QED) is 0.639. The van der Waals surface area contributed by atoms with Crippen LogP contribution in [-0.2, 0) is 11.3 Å². The van der Waals surface area contributed by atoms with Gasteiger partial charge in [0.15, 0.2) is 0 Å². The Balaban J connectivity index is 1.84. The highest BCUT2D eigenvalue weighted by Crippen LogP contribution is 2.30. The third kappa shape index (κ3) is 3.85. The van der Waals surface area contributed by atoms with E-state index in [1.54, 1.807) is 29.8 Å². The second-order valence-electron chi connectivity index (χ2n) is 6.89. The Kier molecular flexibility index (Phi) is 5.62. The maximum Gasteiger partial charge on any atom is 0.248 e. The van der Waals surface area contributed by atoms with Crippen LogP contribution < -0.4 is 10.5 Å². The summed E-state index contributed by atoms with van der Waals surface area (Å²) in [5, 5.41) is -0.127. The second kappa shape index (κ2) is 8.20. The summed E-state index contributed by atoms with van der Waals surface area (Å²) in [5.41, 5.74) is 1.48. The summed E-state index contributed by atoms with van der Waals surface area (Å²) < 4.78 is 28.8. The van der Waals surface area contributed by atoms with E-state index in [1.807, 2.05) is 6.92 Å². The zero-order chi connectivity index (χ0) is 21.4. The van der Waals surface area contributed by atoms with Crippen LogP contribution in [0.25, 0.3) is 10.9 Å². The number of carbonyl (C=O) groups is 1. The standard InChI is InChI=1S/C21H16ClF2N3O2S/c1-11-20(30-10-25-11)21(29)27(14-4-2-3-13(22)8-14)9-12-7-17(28)26-19-16(24)6-5-15(23)18(12)19/h2-8,10-11,20H,9H2,1H3,(H,26,28). The smallest absolute Gasteiger partial charge is 0.248 e. The average molecular weight is 448 g/mol. The Morgan fingerprint density at radius 1 is 1.23 bits per heavy atom. The third-order valence-electron chi connectivity index (χ3n) is 4.88. The molecule has 0 bridgehead atoms. The fourth-order valence-corrected chi connectivity index (χ4v) is 4.54. The first-order valence-electron chi connectivity index (χ1n) is 9.09. The lowest BCUT2D eigenvalue weighted by molar-refractivity contribution is -0.118. The van der Waals surface area contributed by atoms with Gasteiger partial charge >= 0.3 is 0 Å². The largest absolute Gasteiger partial charge is 0.319 e. The van der Waals surface area contributed by atoms with Crippen LogP contribution in [0.2, 0.25) is 5.02 Å². The molecule has 1 aliphatic rings. The number of halogens is 3. The van der Waals surface area contributed by atoms with Gasteiger partial charge in [-0.1, -0.05) is 29.4 Å². The number of hydrogen-bond acceptors (Lipinski definition) is 4. The van der Waals surface area contributed by atoms with E-state index >= 15 is 0 Å². The SMILES string of the molecule is CC1N=CSC1C(=O)N(Cc1cc(=O)[nH]c2c(F)ccc(F)c12)c1cccc(Cl)c1. The fourth-order valence-electron chi connectivity index (χ4n) is 3.42. The van der Waals surface area contributed by atoms with Crippen molar-refractivity contribution in [1.29, 1.82) is 0 Å². The molecule has 0 saturated heterocycles. The van der Waals surface area contributed by atoms with Gasteiger partial charge in [-0.05, 0) is 42.8 Å². The topological polar surface area (TPSA) is 65.5 Å². The van der Waals surface area contributed by atoms with Gasteiger partial charge in [0.05, 0.1) is 23.6 Å². The number of fused-ring (bicyclic) bond motifs is 1. The lowest BCUT2D eigenvalue weighted by Crippen LogP contribution is -2.40. The van der Waals surface area contributed by atoms with Gasteiger partial charge in [0.1, 0.15) is 16.9 Å². The Hall–Kier alpha value is -2.71. The molecule has 1 aromatic heterocycles. The molecule has 4 rings (SSSR count). The number of nitrogens with zero attached hydrogens (tertiary/aromatic N) is 2. The van der Waals surface area contributed by atoms with Gasteiger partial charge < -0.3 is 9.88 Å². The minimum atomic E-state index is -0.751. The van der Waals surface area contributed by atoms with Crippen molar-refractivity contribution in [2.24, 2.45) is 4.99 Å². The summed E-state index contributed by atoms with van der Waals surface area (Å²) in [7, 11) is 0. The van der Waals surface area contributed by atoms with Crippen LogP contribution in [0.3, 0.4) is 0 Å². The fraction of sp³-hybridized carbons (Fsp3) is 0.190. The van der Waals surface area contributed by atoms with Gasteiger partial charge in [-0.15, -0.1) is 0 Å². The van der Waals surface area contributed by atoms with Crippen LogP contribution in [0.4, 0.5) is 14.5 Å². The summed E-state index contributed by atoms with van der Waals surface area (Å²) in [4.78, 5) is 33.5. The zero-order valence-electron chi connectivity index (χ0n) is 15.7. The molecule has 2 atom stereocenters. The van der Waals surface area contributed by atoms with E-state index < -0.39 is 22.4 Å². The van der Waals surface area contributed by atoms with Crippen molar-refractivity contribution in [3.63, 3.8) is 0 Å². The second-order valence-corrected chi connectivity index (χ2v) is 8.32. The number of aromatic amines is 1. The van der Waals surface area contributed by atoms with Crippen molar-refractivity contribution < 1.29 is 13.6 Å². The maximum atomic E-state index is 14.6. The molecule has 0 saturated carbocycles. The third-order valence-corrected chi connectivity index (χ3v) is 6.24. The van der Waals surface area contributed by atoms with Crippen molar-refractivity contribution in [2.75, 3.05) is 4.90 Å². The molecule has 5 nitrogen and oxygen atoms in total. The van der Waals surface area contributed by atoms with Crippen molar-refractivity contribution >= 4 is 51.4 Å². The van der Waals surface area contributed by atoms with Crippen molar-refractivity contribution in [1.82, 2.24) is 4.98 Å². The number of H-pyrrole nitrogens is 1. The molecule has 0 fully saturated rings. The molecule has 1 aliphatic heterocycles. The van der Waals surface area contributed by atoms with E-state index in [1.165, 1.54) is 22.7 Å². The van der Waals surface area contributed by atoms with Gasteiger partial charge in [-0.3, -0.25) is 14.6 Å². The Morgan fingerprint density at radius 2 is 2.00 bits per heavy atom. The number of amides is 1. The highest BCUT2D eigenvalue weighted by Gasteiger charge is 2.33. The van der Waals surface area contributed by atoms with E-state index in [-0.39, 0.29) is 35.0 Å². The number of aromatic nitrogens is 1. The summed E-state index contributed by atoms with van der Waals surface area (Å²) in [5.74, 6) is -1.71. The van der Waals surface area contributed by atoms with Crippen LogP contribution in [0, 0.1) is 11.6 Å². The van der Waals surface area contributed by atoms with Crippen molar-refractivity contribution in [3.05, 3.63) is 75.0 Å². The number of nitrogens with one attached hydrogen (secondary N) is 1. The van der Waals surface area contributed by atoms with Gasteiger partial charge in [-0.2, -0.15) is 0 Å². The van der Waals surface area contributed by atoms with Crippen molar-refractivity contribution in [3.8, 4) is 0 Å². The lowest BCUT2D eigenvalue weighted by atomic mass is 10.1. The van der Waals surface area contributed by atoms with Crippen molar-refractivity contribution in [2.45, 2.75) is 24.8 Å².